The summed E-state index contributed by atoms with van der Waals surface area (Å²) in [6.07, 6.45) is 4.53. The topological polar surface area (TPSA) is 29.4 Å². The van der Waals surface area contributed by atoms with Crippen molar-refractivity contribution in [3.8, 4) is 0 Å². The van der Waals surface area contributed by atoms with Crippen LogP contribution in [0.25, 0.3) is 0 Å². The molecule has 4 heteroatoms. The monoisotopic (exact) mass is 195 g/mol. The molecule has 1 fully saturated rings. The summed E-state index contributed by atoms with van der Waals surface area (Å²) in [5.74, 6) is 0. The third kappa shape index (κ3) is 2.06. The van der Waals surface area contributed by atoms with Gasteiger partial charge in [0.05, 0.1) is 5.38 Å². The van der Waals surface area contributed by atoms with Gasteiger partial charge in [-0.25, -0.2) is 0 Å². The van der Waals surface area contributed by atoms with Gasteiger partial charge < -0.3 is 0 Å². The van der Waals surface area contributed by atoms with E-state index in [0.29, 0.717) is 6.42 Å². The maximum atomic E-state index is 10.4. The van der Waals surface area contributed by atoms with Crippen LogP contribution in [0.2, 0.25) is 0 Å². The fourth-order valence-electron chi connectivity index (χ4n) is 1.35. The quantitative estimate of drug-likeness (QED) is 0.274. The third-order valence-electron chi connectivity index (χ3n) is 2.12. The maximum Gasteiger partial charge on any atom is 0.191 e. The smallest absolute Gasteiger partial charge is 0.149 e. The average molecular weight is 196 g/mol. The Morgan fingerprint density at radius 2 is 2.09 bits per heavy atom. The van der Waals surface area contributed by atoms with E-state index in [0.717, 1.165) is 25.7 Å². The van der Waals surface area contributed by atoms with Crippen molar-refractivity contribution in [3.05, 3.63) is 4.91 Å². The highest BCUT2D eigenvalue weighted by Crippen LogP contribution is 2.37. The van der Waals surface area contributed by atoms with Gasteiger partial charge in [-0.05, 0) is 24.4 Å². The number of alkyl halides is 2. The highest BCUT2D eigenvalue weighted by atomic mass is 35.5. The van der Waals surface area contributed by atoms with Gasteiger partial charge in [0.2, 0.25) is 0 Å². The van der Waals surface area contributed by atoms with E-state index in [2.05, 4.69) is 5.18 Å². The van der Waals surface area contributed by atoms with Crippen molar-refractivity contribution in [2.75, 3.05) is 0 Å². The number of hydrogen-bond donors (Lipinski definition) is 0. The van der Waals surface area contributed by atoms with Crippen LogP contribution in [0, 0.1) is 4.91 Å². The second-order valence-electron chi connectivity index (χ2n) is 2.98. The number of nitroso groups, excluding NO2 is 1. The molecule has 11 heavy (non-hydrogen) atoms. The van der Waals surface area contributed by atoms with Gasteiger partial charge in [0.15, 0.2) is 5.00 Å². The van der Waals surface area contributed by atoms with E-state index in [4.69, 9.17) is 23.2 Å². The lowest BCUT2D eigenvalue weighted by atomic mass is 10.1. The standard InChI is InChI=1S/C7H11Cl2NO/c8-6-4-2-1-3-5-7(6,9)10-11/h6H,1-5H2. The molecule has 0 spiro atoms. The van der Waals surface area contributed by atoms with Crippen LogP contribution >= 0.6 is 23.2 Å². The summed E-state index contributed by atoms with van der Waals surface area (Å²) in [6.45, 7) is 0. The molecule has 2 unspecified atom stereocenters. The van der Waals surface area contributed by atoms with E-state index in [1.54, 1.807) is 0 Å². The molecule has 0 aliphatic heterocycles. The number of rotatable bonds is 1. The van der Waals surface area contributed by atoms with Gasteiger partial charge in [0.1, 0.15) is 0 Å². The van der Waals surface area contributed by atoms with Crippen LogP contribution in [0.3, 0.4) is 0 Å². The van der Waals surface area contributed by atoms with Gasteiger partial charge >= 0.3 is 0 Å². The molecule has 0 N–H and O–H groups in total. The summed E-state index contributed by atoms with van der Waals surface area (Å²) >= 11 is 11.8. The first kappa shape index (κ1) is 9.27. The first-order chi connectivity index (χ1) is 5.19. The Morgan fingerprint density at radius 3 is 2.73 bits per heavy atom. The van der Waals surface area contributed by atoms with Crippen molar-refractivity contribution in [3.63, 3.8) is 0 Å². The van der Waals surface area contributed by atoms with Crippen molar-refractivity contribution in [1.82, 2.24) is 0 Å². The molecule has 0 saturated heterocycles. The van der Waals surface area contributed by atoms with Crippen molar-refractivity contribution >= 4 is 23.2 Å². The van der Waals surface area contributed by atoms with E-state index in [9.17, 15) is 4.91 Å². The average Bonchev–Trinajstić information content (AvgIpc) is 2.16. The molecule has 0 aromatic heterocycles. The minimum atomic E-state index is -1.03. The fraction of sp³-hybridized carbons (Fsp3) is 1.00. The molecule has 0 aromatic carbocycles. The summed E-state index contributed by atoms with van der Waals surface area (Å²) in [6, 6.07) is 0. The molecule has 1 aliphatic rings. The lowest BCUT2D eigenvalue weighted by molar-refractivity contribution is 0.526. The Morgan fingerprint density at radius 1 is 1.36 bits per heavy atom. The summed E-state index contributed by atoms with van der Waals surface area (Å²) in [4.78, 5) is 9.35. The zero-order valence-electron chi connectivity index (χ0n) is 6.22. The van der Waals surface area contributed by atoms with E-state index >= 15 is 0 Å². The Hall–Kier alpha value is 0.180. The molecule has 1 aliphatic carbocycles. The number of halogens is 2. The van der Waals surface area contributed by atoms with Crippen LogP contribution < -0.4 is 0 Å². The Labute approximate surface area is 76.2 Å². The SMILES string of the molecule is O=NC1(Cl)CCCCCC1Cl. The van der Waals surface area contributed by atoms with Crippen LogP contribution in [0.15, 0.2) is 5.18 Å². The second-order valence-corrected chi connectivity index (χ2v) is 4.16. The fourth-order valence-corrected chi connectivity index (χ4v) is 1.90. The molecule has 0 aromatic rings. The highest BCUT2D eigenvalue weighted by Gasteiger charge is 2.38. The lowest BCUT2D eigenvalue weighted by Crippen LogP contribution is -2.28. The van der Waals surface area contributed by atoms with Crippen molar-refractivity contribution in [1.29, 1.82) is 0 Å². The van der Waals surface area contributed by atoms with Crippen LogP contribution in [-0.2, 0) is 0 Å². The van der Waals surface area contributed by atoms with Crippen LogP contribution in [0.1, 0.15) is 32.1 Å². The molecule has 1 saturated carbocycles. The first-order valence-corrected chi connectivity index (χ1v) is 4.68. The van der Waals surface area contributed by atoms with Gasteiger partial charge in [-0.1, -0.05) is 24.4 Å². The number of hydrogen-bond acceptors (Lipinski definition) is 2. The van der Waals surface area contributed by atoms with E-state index in [1.165, 1.54) is 0 Å². The summed E-state index contributed by atoms with van der Waals surface area (Å²) in [5, 5.41) is 2.62. The molecule has 2 atom stereocenters. The highest BCUT2D eigenvalue weighted by molar-refractivity contribution is 6.32. The second kappa shape index (κ2) is 3.72. The normalized spacial score (nSPS) is 39.6. The van der Waals surface area contributed by atoms with E-state index in [1.807, 2.05) is 0 Å². The Kier molecular flexibility index (Phi) is 3.14. The minimum absolute atomic E-state index is 0.288. The molecule has 64 valence electrons. The molecule has 1 rings (SSSR count). The zero-order valence-corrected chi connectivity index (χ0v) is 7.74. The van der Waals surface area contributed by atoms with Crippen LogP contribution in [0.4, 0.5) is 0 Å². The third-order valence-corrected chi connectivity index (χ3v) is 3.33. The van der Waals surface area contributed by atoms with Gasteiger partial charge in [0, 0.05) is 0 Å². The zero-order chi connectivity index (χ0) is 8.32. The predicted octanol–water partition coefficient (Wildman–Crippen LogP) is 3.26. The van der Waals surface area contributed by atoms with Crippen molar-refractivity contribution < 1.29 is 0 Å². The van der Waals surface area contributed by atoms with Crippen LogP contribution in [0.5, 0.6) is 0 Å². The predicted molar refractivity (Wildman–Crippen MR) is 47.1 cm³/mol. The summed E-state index contributed by atoms with van der Waals surface area (Å²) in [5.41, 5.74) is 0. The summed E-state index contributed by atoms with van der Waals surface area (Å²) in [7, 11) is 0. The van der Waals surface area contributed by atoms with E-state index in [-0.39, 0.29) is 5.38 Å². The van der Waals surface area contributed by atoms with Crippen LogP contribution in [-0.4, -0.2) is 10.4 Å². The maximum absolute atomic E-state index is 10.4. The lowest BCUT2D eigenvalue weighted by Gasteiger charge is -2.20. The summed E-state index contributed by atoms with van der Waals surface area (Å²) < 4.78 is 0. The molecular formula is C7H11Cl2NO. The Bertz CT molecular complexity index is 153. The minimum Gasteiger partial charge on any atom is -0.149 e. The van der Waals surface area contributed by atoms with Gasteiger partial charge in [-0.2, -0.15) is 0 Å². The number of nitrogens with zero attached hydrogens (tertiary/aromatic N) is 1. The van der Waals surface area contributed by atoms with Gasteiger partial charge in [-0.15, -0.1) is 16.5 Å². The Balaban J connectivity index is 2.65. The largest absolute Gasteiger partial charge is 0.191 e. The van der Waals surface area contributed by atoms with Gasteiger partial charge in [0.25, 0.3) is 0 Å². The van der Waals surface area contributed by atoms with E-state index < -0.39 is 5.00 Å². The molecule has 0 amide bonds. The molecular weight excluding hydrogens is 185 g/mol. The van der Waals surface area contributed by atoms with Crippen molar-refractivity contribution in [2.24, 2.45) is 5.18 Å². The first-order valence-electron chi connectivity index (χ1n) is 3.86. The molecule has 2 nitrogen and oxygen atoms in total. The molecule has 0 bridgehead atoms. The molecule has 0 radical (unpaired) electrons. The van der Waals surface area contributed by atoms with Crippen molar-refractivity contribution in [2.45, 2.75) is 42.5 Å². The molecule has 0 heterocycles. The van der Waals surface area contributed by atoms with Gasteiger partial charge in [-0.3, -0.25) is 0 Å².